The molecule has 0 bridgehead atoms. The van der Waals surface area contributed by atoms with Crippen LogP contribution in [0.5, 0.6) is 0 Å². The Hall–Kier alpha value is -0.870. The van der Waals surface area contributed by atoms with Crippen molar-refractivity contribution in [2.45, 2.75) is 45.9 Å². The van der Waals surface area contributed by atoms with Crippen molar-refractivity contribution in [1.29, 1.82) is 0 Å². The van der Waals surface area contributed by atoms with Gasteiger partial charge < -0.3 is 10.4 Å². The van der Waals surface area contributed by atoms with E-state index in [4.69, 9.17) is 0 Å². The van der Waals surface area contributed by atoms with E-state index < -0.39 is 5.60 Å². The van der Waals surface area contributed by atoms with E-state index in [0.29, 0.717) is 0 Å². The predicted molar refractivity (Wildman–Crippen MR) is 60.7 cm³/mol. The van der Waals surface area contributed by atoms with Gasteiger partial charge in [0.05, 0.1) is 18.3 Å². The molecule has 0 fully saturated rings. The number of nitrogens with zero attached hydrogens (tertiary/aromatic N) is 2. The molecular weight excluding hydrogens is 190 g/mol. The van der Waals surface area contributed by atoms with Gasteiger partial charge in [-0.15, -0.1) is 0 Å². The normalized spacial score (nSPS) is 14.2. The van der Waals surface area contributed by atoms with Gasteiger partial charge in [-0.3, -0.25) is 4.68 Å². The molecule has 2 N–H and O–H groups in total. The van der Waals surface area contributed by atoms with Gasteiger partial charge in [-0.2, -0.15) is 5.10 Å². The largest absolute Gasteiger partial charge is 0.389 e. The van der Waals surface area contributed by atoms with E-state index in [1.165, 1.54) is 5.56 Å². The van der Waals surface area contributed by atoms with E-state index in [-0.39, 0.29) is 6.04 Å². The number of nitrogens with one attached hydrogen (secondary N) is 1. The fraction of sp³-hybridized carbons (Fsp3) is 0.727. The molecule has 0 spiro atoms. The summed E-state index contributed by atoms with van der Waals surface area (Å²) in [6.07, 6.45) is 3.86. The molecule has 15 heavy (non-hydrogen) atoms. The smallest absolute Gasteiger partial charge is 0.0741 e. The second kappa shape index (κ2) is 4.77. The van der Waals surface area contributed by atoms with E-state index in [9.17, 15) is 5.11 Å². The van der Waals surface area contributed by atoms with Gasteiger partial charge >= 0.3 is 0 Å². The number of rotatable bonds is 5. The Morgan fingerprint density at radius 3 is 2.73 bits per heavy atom. The van der Waals surface area contributed by atoms with Crippen molar-refractivity contribution in [1.82, 2.24) is 15.1 Å². The molecule has 1 atom stereocenters. The average Bonchev–Trinajstić information content (AvgIpc) is 2.49. The van der Waals surface area contributed by atoms with Crippen molar-refractivity contribution in [2.24, 2.45) is 0 Å². The molecule has 0 amide bonds. The fourth-order valence-corrected chi connectivity index (χ4v) is 1.23. The zero-order chi connectivity index (χ0) is 11.5. The minimum absolute atomic E-state index is 0.0779. The number of hydrogen-bond donors (Lipinski definition) is 2. The molecule has 0 aromatic carbocycles. The van der Waals surface area contributed by atoms with Crippen molar-refractivity contribution in [3.8, 4) is 0 Å². The topological polar surface area (TPSA) is 50.1 Å². The molecule has 0 saturated heterocycles. The van der Waals surface area contributed by atoms with E-state index in [1.54, 1.807) is 0 Å². The molecular formula is C11H21N3O. The summed E-state index contributed by atoms with van der Waals surface area (Å²) in [6, 6.07) is 0.0779. The molecule has 1 aromatic heterocycles. The number of aliphatic hydroxyl groups is 1. The molecule has 0 aliphatic carbocycles. The lowest BCUT2D eigenvalue weighted by molar-refractivity contribution is 0.0441. The van der Waals surface area contributed by atoms with Crippen LogP contribution in [0.3, 0.4) is 0 Å². The van der Waals surface area contributed by atoms with Crippen LogP contribution in [0.2, 0.25) is 0 Å². The predicted octanol–water partition coefficient (Wildman–Crippen LogP) is 0.941. The summed E-state index contributed by atoms with van der Waals surface area (Å²) in [5.41, 5.74) is 0.491. The molecule has 1 aromatic rings. The van der Waals surface area contributed by atoms with Crippen LogP contribution < -0.4 is 5.32 Å². The first-order chi connectivity index (χ1) is 6.89. The van der Waals surface area contributed by atoms with Crippen LogP contribution in [0.25, 0.3) is 0 Å². The van der Waals surface area contributed by atoms with Crippen LogP contribution in [0.4, 0.5) is 0 Å². The van der Waals surface area contributed by atoms with Crippen molar-refractivity contribution >= 4 is 0 Å². The Morgan fingerprint density at radius 2 is 2.27 bits per heavy atom. The lowest BCUT2D eigenvalue weighted by Crippen LogP contribution is -2.45. The summed E-state index contributed by atoms with van der Waals surface area (Å²) in [5, 5.41) is 17.2. The Bertz CT molecular complexity index is 301. The van der Waals surface area contributed by atoms with E-state index in [1.807, 2.05) is 44.8 Å². The molecule has 1 rings (SSSR count). The highest BCUT2D eigenvalue weighted by Crippen LogP contribution is 2.06. The van der Waals surface area contributed by atoms with Gasteiger partial charge in [-0.25, -0.2) is 0 Å². The number of hydrogen-bond acceptors (Lipinski definition) is 3. The lowest BCUT2D eigenvalue weighted by atomic mass is 10.0. The Balaban J connectivity index is 2.28. The molecule has 0 aliphatic heterocycles. The summed E-state index contributed by atoms with van der Waals surface area (Å²) in [4.78, 5) is 0. The molecule has 0 saturated carbocycles. The highest BCUT2D eigenvalue weighted by atomic mass is 16.3. The first-order valence-corrected chi connectivity index (χ1v) is 5.34. The van der Waals surface area contributed by atoms with Crippen LogP contribution in [0.15, 0.2) is 12.4 Å². The third kappa shape index (κ3) is 4.01. The fourth-order valence-electron chi connectivity index (χ4n) is 1.23. The Labute approximate surface area is 91.3 Å². The first kappa shape index (κ1) is 12.2. The molecule has 4 nitrogen and oxygen atoms in total. The summed E-state index contributed by atoms with van der Waals surface area (Å²) in [6.45, 7) is 9.26. The van der Waals surface area contributed by atoms with Crippen molar-refractivity contribution in [3.63, 3.8) is 0 Å². The average molecular weight is 211 g/mol. The van der Waals surface area contributed by atoms with E-state index in [0.717, 1.165) is 13.1 Å². The van der Waals surface area contributed by atoms with Crippen molar-refractivity contribution < 1.29 is 5.11 Å². The van der Waals surface area contributed by atoms with Gasteiger partial charge in [0.15, 0.2) is 0 Å². The van der Waals surface area contributed by atoms with Gasteiger partial charge in [-0.1, -0.05) is 0 Å². The maximum atomic E-state index is 9.70. The molecule has 1 unspecified atom stereocenters. The third-order valence-corrected chi connectivity index (χ3v) is 2.61. The van der Waals surface area contributed by atoms with Crippen LogP contribution in [-0.2, 0) is 6.54 Å². The zero-order valence-electron chi connectivity index (χ0n) is 9.99. The molecule has 4 heteroatoms. The first-order valence-electron chi connectivity index (χ1n) is 5.34. The minimum atomic E-state index is -0.681. The summed E-state index contributed by atoms with van der Waals surface area (Å²) < 4.78 is 1.90. The second-order valence-corrected chi connectivity index (χ2v) is 4.61. The lowest BCUT2D eigenvalue weighted by Gasteiger charge is -2.26. The van der Waals surface area contributed by atoms with Gasteiger partial charge in [0, 0.05) is 18.8 Å². The van der Waals surface area contributed by atoms with Crippen LogP contribution in [-0.4, -0.2) is 33.1 Å². The van der Waals surface area contributed by atoms with Gasteiger partial charge in [0.25, 0.3) is 0 Å². The SMILES string of the molecule is Cc1cnn(CCNC(C)C(C)(C)O)c1. The molecule has 86 valence electrons. The van der Waals surface area contributed by atoms with Crippen LogP contribution in [0.1, 0.15) is 26.3 Å². The maximum Gasteiger partial charge on any atom is 0.0741 e. The van der Waals surface area contributed by atoms with Crippen LogP contribution >= 0.6 is 0 Å². The third-order valence-electron chi connectivity index (χ3n) is 2.61. The zero-order valence-corrected chi connectivity index (χ0v) is 9.99. The highest BCUT2D eigenvalue weighted by Gasteiger charge is 2.20. The number of aromatic nitrogens is 2. The van der Waals surface area contributed by atoms with Crippen LogP contribution in [0, 0.1) is 6.92 Å². The second-order valence-electron chi connectivity index (χ2n) is 4.61. The summed E-state index contributed by atoms with van der Waals surface area (Å²) in [5.74, 6) is 0. The molecule has 0 radical (unpaired) electrons. The van der Waals surface area contributed by atoms with Gasteiger partial charge in [0.2, 0.25) is 0 Å². The molecule has 0 aliphatic rings. The van der Waals surface area contributed by atoms with Crippen molar-refractivity contribution in [3.05, 3.63) is 18.0 Å². The quantitative estimate of drug-likeness (QED) is 0.762. The Kier molecular flexibility index (Phi) is 3.88. The molecule has 1 heterocycles. The highest BCUT2D eigenvalue weighted by molar-refractivity contribution is 4.99. The number of aryl methyl sites for hydroxylation is 1. The standard InChI is InChI=1S/C11H21N3O/c1-9-7-13-14(8-9)6-5-12-10(2)11(3,4)15/h7-8,10,12,15H,5-6H2,1-4H3. The Morgan fingerprint density at radius 1 is 1.60 bits per heavy atom. The van der Waals surface area contributed by atoms with E-state index >= 15 is 0 Å². The van der Waals surface area contributed by atoms with E-state index in [2.05, 4.69) is 10.4 Å². The maximum absolute atomic E-state index is 9.70. The van der Waals surface area contributed by atoms with Crippen molar-refractivity contribution in [2.75, 3.05) is 6.54 Å². The van der Waals surface area contributed by atoms with Gasteiger partial charge in [0.1, 0.15) is 0 Å². The monoisotopic (exact) mass is 211 g/mol. The summed E-state index contributed by atoms with van der Waals surface area (Å²) in [7, 11) is 0. The minimum Gasteiger partial charge on any atom is -0.389 e. The summed E-state index contributed by atoms with van der Waals surface area (Å²) >= 11 is 0. The van der Waals surface area contributed by atoms with Gasteiger partial charge in [-0.05, 0) is 33.3 Å².